The topological polar surface area (TPSA) is 56.7 Å². The number of thiophene rings is 1. The molecular formula is C8H9BrN4S. The molecule has 0 aliphatic carbocycles. The van der Waals surface area contributed by atoms with Crippen molar-refractivity contribution in [2.75, 3.05) is 0 Å². The van der Waals surface area contributed by atoms with Gasteiger partial charge in [-0.2, -0.15) is 0 Å². The summed E-state index contributed by atoms with van der Waals surface area (Å²) in [5.74, 6) is 0. The Labute approximate surface area is 93.9 Å². The van der Waals surface area contributed by atoms with Gasteiger partial charge in [0.25, 0.3) is 0 Å². The number of hydrogen-bond acceptors (Lipinski definition) is 4. The number of nitrogens with two attached hydrogens (primary N) is 1. The van der Waals surface area contributed by atoms with Gasteiger partial charge in [0.15, 0.2) is 4.60 Å². The first-order valence-corrected chi connectivity index (χ1v) is 5.72. The summed E-state index contributed by atoms with van der Waals surface area (Å²) in [6.45, 7) is 0.569. The second-order valence-electron chi connectivity index (χ2n) is 2.88. The van der Waals surface area contributed by atoms with E-state index in [-0.39, 0.29) is 0 Å². The van der Waals surface area contributed by atoms with Crippen LogP contribution >= 0.6 is 27.3 Å². The molecule has 6 heteroatoms. The summed E-state index contributed by atoms with van der Waals surface area (Å²) in [5.41, 5.74) is 7.68. The van der Waals surface area contributed by atoms with Gasteiger partial charge in [-0.05, 0) is 32.9 Å². The van der Waals surface area contributed by atoms with Gasteiger partial charge in [0.05, 0.1) is 4.88 Å². The fourth-order valence-electron chi connectivity index (χ4n) is 1.20. The van der Waals surface area contributed by atoms with E-state index in [1.54, 1.807) is 16.0 Å². The van der Waals surface area contributed by atoms with E-state index in [1.165, 1.54) is 0 Å². The SMILES string of the molecule is Cn1nnc(Br)c1-c1cc(CN)cs1. The Morgan fingerprint density at radius 2 is 2.43 bits per heavy atom. The van der Waals surface area contributed by atoms with E-state index in [4.69, 9.17) is 5.73 Å². The molecule has 0 aromatic carbocycles. The van der Waals surface area contributed by atoms with Gasteiger partial charge in [-0.25, -0.2) is 4.68 Å². The fraction of sp³-hybridized carbons (Fsp3) is 0.250. The number of rotatable bonds is 2. The molecule has 14 heavy (non-hydrogen) atoms. The summed E-state index contributed by atoms with van der Waals surface area (Å²) in [6.07, 6.45) is 0. The highest BCUT2D eigenvalue weighted by atomic mass is 79.9. The van der Waals surface area contributed by atoms with Gasteiger partial charge in [0, 0.05) is 13.6 Å². The van der Waals surface area contributed by atoms with Gasteiger partial charge in [0.2, 0.25) is 0 Å². The molecule has 0 atom stereocenters. The van der Waals surface area contributed by atoms with E-state index in [9.17, 15) is 0 Å². The number of aryl methyl sites for hydroxylation is 1. The van der Waals surface area contributed by atoms with Crippen molar-refractivity contribution in [2.45, 2.75) is 6.54 Å². The lowest BCUT2D eigenvalue weighted by Gasteiger charge is -1.96. The zero-order valence-electron chi connectivity index (χ0n) is 7.57. The molecule has 0 radical (unpaired) electrons. The van der Waals surface area contributed by atoms with Gasteiger partial charge >= 0.3 is 0 Å². The van der Waals surface area contributed by atoms with Crippen LogP contribution in [0.25, 0.3) is 10.6 Å². The van der Waals surface area contributed by atoms with E-state index >= 15 is 0 Å². The summed E-state index contributed by atoms with van der Waals surface area (Å²) in [4.78, 5) is 1.13. The lowest BCUT2D eigenvalue weighted by atomic mass is 10.3. The number of nitrogens with zero attached hydrogens (tertiary/aromatic N) is 3. The Hall–Kier alpha value is -0.720. The van der Waals surface area contributed by atoms with Crippen LogP contribution in [0.2, 0.25) is 0 Å². The van der Waals surface area contributed by atoms with E-state index in [1.807, 2.05) is 7.05 Å². The summed E-state index contributed by atoms with van der Waals surface area (Å²) >= 11 is 5.02. The Kier molecular flexibility index (Phi) is 2.66. The first-order chi connectivity index (χ1) is 6.72. The van der Waals surface area contributed by atoms with Crippen molar-refractivity contribution >= 4 is 27.3 Å². The number of hydrogen-bond donors (Lipinski definition) is 1. The molecule has 0 saturated carbocycles. The van der Waals surface area contributed by atoms with Crippen molar-refractivity contribution in [1.29, 1.82) is 0 Å². The second-order valence-corrected chi connectivity index (χ2v) is 4.54. The monoisotopic (exact) mass is 272 g/mol. The third kappa shape index (κ3) is 1.60. The predicted octanol–water partition coefficient (Wildman–Crippen LogP) is 1.76. The van der Waals surface area contributed by atoms with Crippen molar-refractivity contribution in [3.63, 3.8) is 0 Å². The first kappa shape index (κ1) is 9.82. The minimum Gasteiger partial charge on any atom is -0.326 e. The number of aromatic nitrogens is 3. The van der Waals surface area contributed by atoms with Crippen LogP contribution < -0.4 is 5.73 Å². The smallest absolute Gasteiger partial charge is 0.157 e. The van der Waals surface area contributed by atoms with E-state index in [0.717, 1.165) is 20.7 Å². The molecule has 2 N–H and O–H groups in total. The van der Waals surface area contributed by atoms with Crippen molar-refractivity contribution in [3.8, 4) is 10.6 Å². The molecule has 0 saturated heterocycles. The highest BCUT2D eigenvalue weighted by Gasteiger charge is 2.12. The van der Waals surface area contributed by atoms with Gasteiger partial charge in [-0.3, -0.25) is 0 Å². The number of halogens is 1. The van der Waals surface area contributed by atoms with Gasteiger partial charge in [-0.15, -0.1) is 16.4 Å². The average Bonchev–Trinajstić information content (AvgIpc) is 2.73. The van der Waals surface area contributed by atoms with E-state index in [0.29, 0.717) is 6.54 Å². The summed E-state index contributed by atoms with van der Waals surface area (Å²) in [7, 11) is 1.87. The third-order valence-corrected chi connectivity index (χ3v) is 3.43. The maximum atomic E-state index is 5.55. The molecule has 2 aromatic rings. The van der Waals surface area contributed by atoms with Gasteiger partial charge in [0.1, 0.15) is 5.69 Å². The normalized spacial score (nSPS) is 10.8. The minimum atomic E-state index is 0.569. The molecule has 0 amide bonds. The van der Waals surface area contributed by atoms with Crippen molar-refractivity contribution in [2.24, 2.45) is 12.8 Å². The quantitative estimate of drug-likeness (QED) is 0.907. The van der Waals surface area contributed by atoms with Crippen LogP contribution in [-0.2, 0) is 13.6 Å². The van der Waals surface area contributed by atoms with Crippen LogP contribution in [0.1, 0.15) is 5.56 Å². The predicted molar refractivity (Wildman–Crippen MR) is 59.9 cm³/mol. The molecule has 0 fully saturated rings. The lowest BCUT2D eigenvalue weighted by Crippen LogP contribution is -1.94. The van der Waals surface area contributed by atoms with Crippen LogP contribution in [0.3, 0.4) is 0 Å². The Bertz CT molecular complexity index is 428. The van der Waals surface area contributed by atoms with Crippen molar-refractivity contribution in [1.82, 2.24) is 15.0 Å². The Morgan fingerprint density at radius 3 is 2.93 bits per heavy atom. The van der Waals surface area contributed by atoms with Crippen LogP contribution in [0.15, 0.2) is 16.0 Å². The maximum absolute atomic E-state index is 5.55. The summed E-state index contributed by atoms with van der Waals surface area (Å²) in [5, 5.41) is 9.91. The van der Waals surface area contributed by atoms with Crippen LogP contribution in [0.4, 0.5) is 0 Å². The van der Waals surface area contributed by atoms with Crippen LogP contribution in [-0.4, -0.2) is 15.0 Å². The van der Waals surface area contributed by atoms with Crippen molar-refractivity contribution < 1.29 is 0 Å². The zero-order chi connectivity index (χ0) is 10.1. The van der Waals surface area contributed by atoms with E-state index < -0.39 is 0 Å². The standard InChI is InChI=1S/C8H9BrN4S/c1-13-7(8(9)11-12-13)6-2-5(3-10)4-14-6/h2,4H,3,10H2,1H3. The molecule has 0 aliphatic heterocycles. The summed E-state index contributed by atoms with van der Waals surface area (Å²) in [6, 6.07) is 2.06. The fourth-order valence-corrected chi connectivity index (χ4v) is 2.87. The average molecular weight is 273 g/mol. The minimum absolute atomic E-state index is 0.569. The maximum Gasteiger partial charge on any atom is 0.157 e. The molecule has 0 aliphatic rings. The molecule has 2 aromatic heterocycles. The summed E-state index contributed by atoms with van der Waals surface area (Å²) < 4.78 is 2.52. The molecular weight excluding hydrogens is 264 g/mol. The third-order valence-electron chi connectivity index (χ3n) is 1.91. The molecule has 2 heterocycles. The molecule has 2 rings (SSSR count). The highest BCUT2D eigenvalue weighted by molar-refractivity contribution is 9.10. The lowest BCUT2D eigenvalue weighted by molar-refractivity contribution is 0.720. The largest absolute Gasteiger partial charge is 0.326 e. The zero-order valence-corrected chi connectivity index (χ0v) is 9.97. The van der Waals surface area contributed by atoms with Gasteiger partial charge in [-0.1, -0.05) is 5.21 Å². The molecule has 74 valence electrons. The molecule has 0 spiro atoms. The first-order valence-electron chi connectivity index (χ1n) is 4.05. The molecule has 0 bridgehead atoms. The highest BCUT2D eigenvalue weighted by Crippen LogP contribution is 2.30. The molecule has 0 unspecified atom stereocenters. The second kappa shape index (κ2) is 3.80. The van der Waals surface area contributed by atoms with Crippen LogP contribution in [0.5, 0.6) is 0 Å². The van der Waals surface area contributed by atoms with Crippen molar-refractivity contribution in [3.05, 3.63) is 21.6 Å². The Balaban J connectivity index is 2.48. The molecule has 4 nitrogen and oxygen atoms in total. The van der Waals surface area contributed by atoms with E-state index in [2.05, 4.69) is 37.7 Å². The van der Waals surface area contributed by atoms with Gasteiger partial charge < -0.3 is 5.73 Å². The Morgan fingerprint density at radius 1 is 1.64 bits per heavy atom. The van der Waals surface area contributed by atoms with Crippen LogP contribution in [0, 0.1) is 0 Å².